The Balaban J connectivity index is 2.86. The van der Waals surface area contributed by atoms with E-state index in [1.165, 1.54) is 6.08 Å². The Kier molecular flexibility index (Phi) is 4.42. The van der Waals surface area contributed by atoms with Gasteiger partial charge in [-0.15, -0.1) is 0 Å². The number of aromatic carboxylic acids is 1. The lowest BCUT2D eigenvalue weighted by Gasteiger charge is -2.03. The van der Waals surface area contributed by atoms with Crippen molar-refractivity contribution in [2.75, 3.05) is 0 Å². The summed E-state index contributed by atoms with van der Waals surface area (Å²) in [6, 6.07) is 0.843. The number of rotatable bonds is 4. The van der Waals surface area contributed by atoms with Gasteiger partial charge in [0.25, 0.3) is 0 Å². The Morgan fingerprint density at radius 2 is 2.11 bits per heavy atom. The number of carbonyl (C=O) groups is 2. The van der Waals surface area contributed by atoms with Gasteiger partial charge in [0.05, 0.1) is 11.7 Å². The molecule has 0 unspecified atom stereocenters. The van der Waals surface area contributed by atoms with Gasteiger partial charge in [0.15, 0.2) is 5.43 Å². The van der Waals surface area contributed by atoms with Crippen LogP contribution in [0, 0.1) is 0 Å². The fraction of sp³-hybridized carbons (Fsp3) is 0.250. The number of hydrogen-bond acceptors (Lipinski definition) is 5. The van der Waals surface area contributed by atoms with Crippen molar-refractivity contribution in [3.05, 3.63) is 40.0 Å². The van der Waals surface area contributed by atoms with Crippen LogP contribution in [0.3, 0.4) is 0 Å². The normalized spacial score (nSPS) is 10.8. The maximum atomic E-state index is 11.5. The van der Waals surface area contributed by atoms with E-state index in [1.807, 2.05) is 0 Å². The molecular formula is C12H12O6. The molecule has 0 aliphatic rings. The third kappa shape index (κ3) is 3.89. The second-order valence-corrected chi connectivity index (χ2v) is 3.69. The van der Waals surface area contributed by atoms with Crippen molar-refractivity contribution in [3.8, 4) is 0 Å². The van der Waals surface area contributed by atoms with Crippen LogP contribution in [0.15, 0.2) is 27.6 Å². The standard InChI is InChI=1S/C12H12O6/c1-7(2)18-11(14)4-3-8-6-17-10(12(15)16)5-9(8)13/h3-7H,1-2H3,(H,15,16). The first kappa shape index (κ1) is 13.7. The minimum Gasteiger partial charge on any atom is -0.475 e. The number of ether oxygens (including phenoxy) is 1. The maximum absolute atomic E-state index is 11.5. The van der Waals surface area contributed by atoms with Crippen LogP contribution in [-0.4, -0.2) is 23.1 Å². The first-order valence-corrected chi connectivity index (χ1v) is 5.15. The molecule has 1 aromatic heterocycles. The lowest BCUT2D eigenvalue weighted by Crippen LogP contribution is -2.10. The van der Waals surface area contributed by atoms with Crippen LogP contribution < -0.4 is 5.43 Å². The van der Waals surface area contributed by atoms with E-state index in [2.05, 4.69) is 0 Å². The fourth-order valence-electron chi connectivity index (χ4n) is 1.08. The van der Waals surface area contributed by atoms with E-state index >= 15 is 0 Å². The molecule has 1 heterocycles. The maximum Gasteiger partial charge on any atom is 0.371 e. The second kappa shape index (κ2) is 5.81. The van der Waals surface area contributed by atoms with Crippen molar-refractivity contribution in [2.45, 2.75) is 20.0 Å². The minimum absolute atomic E-state index is 0.0701. The number of esters is 1. The summed E-state index contributed by atoms with van der Waals surface area (Å²) in [7, 11) is 0. The van der Waals surface area contributed by atoms with Gasteiger partial charge in [-0.25, -0.2) is 9.59 Å². The summed E-state index contributed by atoms with van der Waals surface area (Å²) in [5.74, 6) is -2.38. The van der Waals surface area contributed by atoms with Crippen LogP contribution in [0.2, 0.25) is 0 Å². The van der Waals surface area contributed by atoms with E-state index in [0.717, 1.165) is 18.4 Å². The lowest BCUT2D eigenvalue weighted by molar-refractivity contribution is -0.141. The SMILES string of the molecule is CC(C)OC(=O)C=Cc1coc(C(=O)O)cc1=O. The van der Waals surface area contributed by atoms with Crippen LogP contribution in [0.5, 0.6) is 0 Å². The number of carbonyl (C=O) groups excluding carboxylic acids is 1. The van der Waals surface area contributed by atoms with E-state index in [1.54, 1.807) is 13.8 Å². The van der Waals surface area contributed by atoms with Gasteiger partial charge in [-0.3, -0.25) is 4.79 Å². The third-order valence-electron chi connectivity index (χ3n) is 1.82. The highest BCUT2D eigenvalue weighted by Gasteiger charge is 2.08. The number of hydrogen-bond donors (Lipinski definition) is 1. The largest absolute Gasteiger partial charge is 0.475 e. The van der Waals surface area contributed by atoms with E-state index in [9.17, 15) is 14.4 Å². The molecule has 6 heteroatoms. The minimum atomic E-state index is -1.33. The van der Waals surface area contributed by atoms with Gasteiger partial charge in [0, 0.05) is 12.1 Å². The van der Waals surface area contributed by atoms with E-state index < -0.39 is 23.1 Å². The average molecular weight is 252 g/mol. The Morgan fingerprint density at radius 1 is 1.44 bits per heavy atom. The molecule has 1 aromatic rings. The van der Waals surface area contributed by atoms with E-state index in [0.29, 0.717) is 0 Å². The molecule has 0 fully saturated rings. The Labute approximate surface area is 102 Å². The van der Waals surface area contributed by atoms with Crippen molar-refractivity contribution in [1.29, 1.82) is 0 Å². The Morgan fingerprint density at radius 3 is 2.61 bits per heavy atom. The molecule has 0 radical (unpaired) electrons. The highest BCUT2D eigenvalue weighted by molar-refractivity contribution is 5.87. The number of carboxylic acid groups (broad SMARTS) is 1. The molecule has 0 aliphatic heterocycles. The predicted molar refractivity (Wildman–Crippen MR) is 62.2 cm³/mol. The Bertz CT molecular complexity index is 538. The zero-order valence-corrected chi connectivity index (χ0v) is 9.88. The summed E-state index contributed by atoms with van der Waals surface area (Å²) < 4.78 is 9.53. The molecule has 0 spiro atoms. The molecule has 1 N–H and O–H groups in total. The van der Waals surface area contributed by atoms with E-state index in [-0.39, 0.29) is 11.7 Å². The molecule has 0 saturated heterocycles. The summed E-state index contributed by atoms with van der Waals surface area (Å²) in [6.07, 6.45) is 3.01. The van der Waals surface area contributed by atoms with E-state index in [4.69, 9.17) is 14.3 Å². The molecule has 6 nitrogen and oxygen atoms in total. The zero-order valence-electron chi connectivity index (χ0n) is 9.88. The molecular weight excluding hydrogens is 240 g/mol. The molecule has 0 atom stereocenters. The molecule has 0 saturated carbocycles. The predicted octanol–water partition coefficient (Wildman–Crippen LogP) is 1.30. The van der Waals surface area contributed by atoms with Crippen LogP contribution >= 0.6 is 0 Å². The lowest BCUT2D eigenvalue weighted by atomic mass is 10.2. The number of carboxylic acids is 1. The molecule has 0 aromatic carbocycles. The summed E-state index contributed by atoms with van der Waals surface area (Å²) in [4.78, 5) is 33.2. The van der Waals surface area contributed by atoms with Crippen molar-refractivity contribution in [3.63, 3.8) is 0 Å². The third-order valence-corrected chi connectivity index (χ3v) is 1.82. The van der Waals surface area contributed by atoms with Crippen molar-refractivity contribution in [2.24, 2.45) is 0 Å². The van der Waals surface area contributed by atoms with Gasteiger partial charge >= 0.3 is 11.9 Å². The highest BCUT2D eigenvalue weighted by atomic mass is 16.5. The average Bonchev–Trinajstić information content (AvgIpc) is 2.26. The summed E-state index contributed by atoms with van der Waals surface area (Å²) in [6.45, 7) is 3.39. The van der Waals surface area contributed by atoms with Crippen LogP contribution in [0.1, 0.15) is 30.0 Å². The van der Waals surface area contributed by atoms with Gasteiger partial charge in [0.1, 0.15) is 6.26 Å². The van der Waals surface area contributed by atoms with Crippen LogP contribution in [-0.2, 0) is 9.53 Å². The second-order valence-electron chi connectivity index (χ2n) is 3.69. The van der Waals surface area contributed by atoms with Crippen molar-refractivity contribution in [1.82, 2.24) is 0 Å². The van der Waals surface area contributed by atoms with Gasteiger partial charge in [0.2, 0.25) is 5.76 Å². The summed E-state index contributed by atoms with van der Waals surface area (Å²) in [5, 5.41) is 8.59. The zero-order chi connectivity index (χ0) is 13.7. The van der Waals surface area contributed by atoms with Crippen molar-refractivity contribution >= 4 is 18.0 Å². The fourth-order valence-corrected chi connectivity index (χ4v) is 1.08. The highest BCUT2D eigenvalue weighted by Crippen LogP contribution is 2.01. The van der Waals surface area contributed by atoms with Gasteiger partial charge in [-0.1, -0.05) is 0 Å². The summed E-state index contributed by atoms with van der Waals surface area (Å²) in [5.41, 5.74) is -0.479. The summed E-state index contributed by atoms with van der Waals surface area (Å²) >= 11 is 0. The first-order valence-electron chi connectivity index (χ1n) is 5.15. The monoisotopic (exact) mass is 252 g/mol. The molecule has 0 aliphatic carbocycles. The van der Waals surface area contributed by atoms with Gasteiger partial charge < -0.3 is 14.3 Å². The van der Waals surface area contributed by atoms with Crippen LogP contribution in [0.25, 0.3) is 6.08 Å². The first-order chi connectivity index (χ1) is 8.40. The molecule has 96 valence electrons. The smallest absolute Gasteiger partial charge is 0.371 e. The Hall–Kier alpha value is -2.37. The molecule has 18 heavy (non-hydrogen) atoms. The molecule has 0 amide bonds. The molecule has 0 bridgehead atoms. The topological polar surface area (TPSA) is 93.8 Å². The van der Waals surface area contributed by atoms with Gasteiger partial charge in [-0.05, 0) is 19.9 Å². The van der Waals surface area contributed by atoms with Crippen LogP contribution in [0.4, 0.5) is 0 Å². The van der Waals surface area contributed by atoms with Gasteiger partial charge in [-0.2, -0.15) is 0 Å². The molecule has 1 rings (SSSR count). The quantitative estimate of drug-likeness (QED) is 0.641. The van der Waals surface area contributed by atoms with Crippen molar-refractivity contribution < 1.29 is 23.8 Å².